The minimum atomic E-state index is -2.68. The van der Waals surface area contributed by atoms with Crippen molar-refractivity contribution in [1.29, 1.82) is 0 Å². The molecule has 0 bridgehead atoms. The topological polar surface area (TPSA) is 9.86 Å². The maximum atomic E-state index is 2.51. The second-order valence-electron chi connectivity index (χ2n) is 13.3. The van der Waals surface area contributed by atoms with Crippen molar-refractivity contribution in [1.82, 2.24) is 9.13 Å². The lowest BCUT2D eigenvalue weighted by Crippen LogP contribution is -2.74. The van der Waals surface area contributed by atoms with Crippen molar-refractivity contribution in [2.24, 2.45) is 0 Å². The number of fused-ring (bicyclic) bond motifs is 6. The maximum Gasteiger partial charge on any atom is 0.179 e. The zero-order chi connectivity index (χ0) is 33.8. The van der Waals surface area contributed by atoms with Gasteiger partial charge in [0.2, 0.25) is 0 Å². The van der Waals surface area contributed by atoms with E-state index in [4.69, 9.17) is 0 Å². The van der Waals surface area contributed by atoms with Crippen molar-refractivity contribution < 1.29 is 0 Å². The summed E-state index contributed by atoms with van der Waals surface area (Å²) >= 11 is 0. The van der Waals surface area contributed by atoms with Crippen molar-refractivity contribution in [3.05, 3.63) is 206 Å². The Kier molecular flexibility index (Phi) is 7.72. The first-order valence-corrected chi connectivity index (χ1v) is 19.6. The molecule has 0 saturated carbocycles. The Morgan fingerprint density at radius 2 is 0.654 bits per heavy atom. The van der Waals surface area contributed by atoms with Crippen LogP contribution >= 0.6 is 0 Å². The molecule has 0 spiro atoms. The van der Waals surface area contributed by atoms with E-state index in [0.29, 0.717) is 0 Å². The minimum absolute atomic E-state index is 0. The third kappa shape index (κ3) is 4.70. The van der Waals surface area contributed by atoms with E-state index >= 15 is 0 Å². The van der Waals surface area contributed by atoms with Crippen LogP contribution in [0.2, 0.25) is 0 Å². The molecule has 0 aliphatic rings. The van der Waals surface area contributed by atoms with Crippen LogP contribution in [0.3, 0.4) is 0 Å². The van der Waals surface area contributed by atoms with Crippen LogP contribution in [0.15, 0.2) is 206 Å². The lowest BCUT2D eigenvalue weighted by Gasteiger charge is -2.34. The fraction of sp³-hybridized carbons (Fsp3) is 0.0204. The predicted octanol–water partition coefficient (Wildman–Crippen LogP) is 9.89. The number of benzene rings is 8. The Morgan fingerprint density at radius 3 is 1.17 bits per heavy atom. The van der Waals surface area contributed by atoms with Gasteiger partial charge in [-0.25, -0.2) is 0 Å². The highest BCUT2D eigenvalue weighted by Gasteiger charge is 2.41. The molecule has 8 aromatic carbocycles. The predicted molar refractivity (Wildman–Crippen MR) is 225 cm³/mol. The van der Waals surface area contributed by atoms with E-state index in [2.05, 4.69) is 215 Å². The van der Waals surface area contributed by atoms with Gasteiger partial charge in [-0.2, -0.15) is 0 Å². The summed E-state index contributed by atoms with van der Waals surface area (Å²) in [6.45, 7) is 0. The average Bonchev–Trinajstić information content (AvgIpc) is 3.72. The fourth-order valence-corrected chi connectivity index (χ4v) is 13.3. The van der Waals surface area contributed by atoms with Gasteiger partial charge in [-0.15, -0.1) is 0 Å². The second kappa shape index (κ2) is 12.7. The summed E-state index contributed by atoms with van der Waals surface area (Å²) in [6, 6.07) is 76.1. The van der Waals surface area contributed by atoms with Crippen molar-refractivity contribution in [3.8, 4) is 11.4 Å². The number of nitrogens with zero attached hydrogens (tertiary/aromatic N) is 2. The quantitative estimate of drug-likeness (QED) is 0.122. The molecular weight excluding hydrogens is 645 g/mol. The molecule has 0 aliphatic heterocycles. The molecule has 0 radical (unpaired) electrons. The molecule has 0 N–H and O–H groups in total. The number of para-hydroxylation sites is 3. The van der Waals surface area contributed by atoms with Gasteiger partial charge in [0.05, 0.1) is 22.1 Å². The third-order valence-corrected chi connectivity index (χ3v) is 15.4. The van der Waals surface area contributed by atoms with Gasteiger partial charge in [0.1, 0.15) is 0 Å². The SMILES string of the molecule is C.c1ccc(-n2c3ccccc3c3cc(-n4c5ccccc5c5cc([Si](c6ccccc6)(c6ccccc6)c6ccccc6)ccc54)ccc32)cc1. The number of hydrogen-bond acceptors (Lipinski definition) is 0. The average molecular weight is 683 g/mol. The van der Waals surface area contributed by atoms with Gasteiger partial charge in [0, 0.05) is 32.9 Å². The Hall–Kier alpha value is -6.42. The van der Waals surface area contributed by atoms with E-state index < -0.39 is 8.07 Å². The van der Waals surface area contributed by atoms with Crippen molar-refractivity contribution in [3.63, 3.8) is 0 Å². The molecule has 10 aromatic rings. The van der Waals surface area contributed by atoms with E-state index in [-0.39, 0.29) is 7.43 Å². The zero-order valence-corrected chi connectivity index (χ0v) is 29.0. The van der Waals surface area contributed by atoms with Crippen molar-refractivity contribution in [2.45, 2.75) is 7.43 Å². The summed E-state index contributed by atoms with van der Waals surface area (Å²) in [4.78, 5) is 0. The summed E-state index contributed by atoms with van der Waals surface area (Å²) in [5.41, 5.74) is 7.18. The number of hydrogen-bond donors (Lipinski definition) is 0. The highest BCUT2D eigenvalue weighted by atomic mass is 28.3. The number of rotatable bonds is 6. The van der Waals surface area contributed by atoms with E-state index in [1.807, 2.05) is 0 Å². The van der Waals surface area contributed by atoms with E-state index in [9.17, 15) is 0 Å². The molecule has 2 aromatic heterocycles. The molecular formula is C49H38N2Si. The Balaban J connectivity index is 0.00000360. The van der Waals surface area contributed by atoms with Crippen molar-refractivity contribution in [2.75, 3.05) is 0 Å². The lowest BCUT2D eigenvalue weighted by atomic mass is 10.1. The summed E-state index contributed by atoms with van der Waals surface area (Å²) in [6.07, 6.45) is 0. The second-order valence-corrected chi connectivity index (χ2v) is 17.1. The molecule has 0 atom stereocenters. The summed E-state index contributed by atoms with van der Waals surface area (Å²) < 4.78 is 4.84. The van der Waals surface area contributed by atoms with Crippen LogP contribution in [0.5, 0.6) is 0 Å². The molecule has 52 heavy (non-hydrogen) atoms. The fourth-order valence-electron chi connectivity index (χ4n) is 8.50. The highest BCUT2D eigenvalue weighted by Crippen LogP contribution is 2.36. The lowest BCUT2D eigenvalue weighted by molar-refractivity contribution is 1.17. The Bertz CT molecular complexity index is 2740. The first-order chi connectivity index (χ1) is 25.3. The van der Waals surface area contributed by atoms with Crippen LogP contribution in [0.25, 0.3) is 55.0 Å². The van der Waals surface area contributed by atoms with Gasteiger partial charge >= 0.3 is 0 Å². The standard InChI is InChI=1S/C48H34N2Si.CH4/c1-5-17-35(18-6-1)49-45-27-15-13-25-41(45)43-33-36(29-31-47(43)49)50-46-28-16-14-26-42(46)44-34-40(30-32-48(44)50)51(37-19-7-2-8-20-37,38-21-9-3-10-22-38)39-23-11-4-12-24-39;/h1-34H;1H4. The molecule has 3 heteroatoms. The van der Waals surface area contributed by atoms with E-state index in [1.165, 1.54) is 70.0 Å². The third-order valence-electron chi connectivity index (χ3n) is 10.7. The summed E-state index contributed by atoms with van der Waals surface area (Å²) in [5.74, 6) is 0. The molecule has 248 valence electrons. The van der Waals surface area contributed by atoms with Gasteiger partial charge in [-0.1, -0.05) is 165 Å². The molecule has 2 heterocycles. The van der Waals surface area contributed by atoms with Gasteiger partial charge in [0.15, 0.2) is 8.07 Å². The molecule has 0 aliphatic carbocycles. The van der Waals surface area contributed by atoms with Crippen molar-refractivity contribution >= 4 is 72.4 Å². The molecule has 0 unspecified atom stereocenters. The Labute approximate surface area is 305 Å². The van der Waals surface area contributed by atoms with Gasteiger partial charge in [-0.05, 0) is 69.3 Å². The van der Waals surface area contributed by atoms with E-state index in [1.54, 1.807) is 0 Å². The van der Waals surface area contributed by atoms with Crippen LogP contribution in [-0.2, 0) is 0 Å². The van der Waals surface area contributed by atoms with Gasteiger partial charge < -0.3 is 9.13 Å². The molecule has 10 rings (SSSR count). The van der Waals surface area contributed by atoms with Gasteiger partial charge in [-0.3, -0.25) is 0 Å². The summed E-state index contributed by atoms with van der Waals surface area (Å²) in [7, 11) is -2.68. The largest absolute Gasteiger partial charge is 0.309 e. The minimum Gasteiger partial charge on any atom is -0.309 e. The maximum absolute atomic E-state index is 2.68. The monoisotopic (exact) mass is 682 g/mol. The highest BCUT2D eigenvalue weighted by molar-refractivity contribution is 7.20. The van der Waals surface area contributed by atoms with Gasteiger partial charge in [0.25, 0.3) is 0 Å². The van der Waals surface area contributed by atoms with Crippen LogP contribution < -0.4 is 20.7 Å². The molecule has 0 amide bonds. The van der Waals surface area contributed by atoms with Crippen LogP contribution in [0.4, 0.5) is 0 Å². The van der Waals surface area contributed by atoms with Crippen LogP contribution in [-0.4, -0.2) is 17.2 Å². The normalized spacial score (nSPS) is 11.7. The first kappa shape index (κ1) is 31.6. The first-order valence-electron chi connectivity index (χ1n) is 17.6. The smallest absolute Gasteiger partial charge is 0.179 e. The van der Waals surface area contributed by atoms with E-state index in [0.717, 1.165) is 5.69 Å². The zero-order valence-electron chi connectivity index (χ0n) is 28.0. The Morgan fingerprint density at radius 1 is 0.269 bits per heavy atom. The summed E-state index contributed by atoms with van der Waals surface area (Å²) in [5, 5.41) is 10.6. The molecule has 0 saturated heterocycles. The van der Waals surface area contributed by atoms with Crippen LogP contribution in [0.1, 0.15) is 7.43 Å². The number of aromatic nitrogens is 2. The molecule has 0 fully saturated rings. The van der Waals surface area contributed by atoms with Crippen LogP contribution in [0, 0.1) is 0 Å². The molecule has 2 nitrogen and oxygen atoms in total.